The van der Waals surface area contributed by atoms with Crippen LogP contribution in [-0.2, 0) is 14.3 Å². The average Bonchev–Trinajstić information content (AvgIpc) is 3.44. The second kappa shape index (κ2) is 13.2. The fourth-order valence-corrected chi connectivity index (χ4v) is 4.66. The number of thiazole rings is 2. The largest absolute Gasteiger partial charge is 0.501 e. The van der Waals surface area contributed by atoms with Crippen LogP contribution in [-0.4, -0.2) is 36.2 Å². The Labute approximate surface area is 204 Å². The summed E-state index contributed by atoms with van der Waals surface area (Å²) in [5.41, 5.74) is 6.97. The van der Waals surface area contributed by atoms with Crippen LogP contribution >= 0.6 is 22.7 Å². The van der Waals surface area contributed by atoms with Gasteiger partial charge in [0.25, 0.3) is 0 Å². The molecule has 2 aromatic heterocycles. The van der Waals surface area contributed by atoms with E-state index in [-0.39, 0.29) is 17.9 Å². The molecular formula is C25H33N3O3S2. The minimum atomic E-state index is -0.555. The molecule has 0 fully saturated rings. The first-order chi connectivity index (χ1) is 15.7. The number of rotatable bonds is 12. The smallest absolute Gasteiger partial charge is 0.244 e. The number of nitrogens with two attached hydrogens (primary N) is 1. The van der Waals surface area contributed by atoms with Crippen molar-refractivity contribution in [3.63, 3.8) is 0 Å². The Morgan fingerprint density at radius 1 is 1.03 bits per heavy atom. The summed E-state index contributed by atoms with van der Waals surface area (Å²) in [6.45, 7) is 8.37. The molecule has 178 valence electrons. The van der Waals surface area contributed by atoms with E-state index in [4.69, 9.17) is 25.2 Å². The van der Waals surface area contributed by atoms with Crippen LogP contribution in [0.2, 0.25) is 0 Å². The lowest BCUT2D eigenvalue weighted by Crippen LogP contribution is -2.22. The molecule has 8 heteroatoms. The quantitative estimate of drug-likeness (QED) is 0.232. The zero-order chi connectivity index (χ0) is 24.4. The number of hydrogen-bond acceptors (Lipinski definition) is 7. The minimum absolute atomic E-state index is 0.187. The van der Waals surface area contributed by atoms with E-state index in [9.17, 15) is 4.79 Å². The Kier molecular flexibility index (Phi) is 10.7. The third-order valence-corrected chi connectivity index (χ3v) is 6.78. The highest BCUT2D eigenvalue weighted by Gasteiger charge is 2.20. The van der Waals surface area contributed by atoms with Crippen molar-refractivity contribution in [2.24, 2.45) is 17.6 Å². The van der Waals surface area contributed by atoms with Gasteiger partial charge in [0.15, 0.2) is 0 Å². The van der Waals surface area contributed by atoms with E-state index in [0.717, 1.165) is 21.4 Å². The lowest BCUT2D eigenvalue weighted by atomic mass is 10.0. The maximum atomic E-state index is 11.2. The van der Waals surface area contributed by atoms with Crippen LogP contribution in [0.1, 0.15) is 44.3 Å². The monoisotopic (exact) mass is 487 g/mol. The van der Waals surface area contributed by atoms with E-state index in [1.165, 1.54) is 13.2 Å². The molecule has 2 rings (SSSR count). The third-order valence-electron chi connectivity index (χ3n) is 4.85. The van der Waals surface area contributed by atoms with Gasteiger partial charge in [0.2, 0.25) is 5.91 Å². The second-order valence-corrected chi connectivity index (χ2v) is 9.70. The van der Waals surface area contributed by atoms with Gasteiger partial charge in [-0.2, -0.15) is 0 Å². The molecule has 2 N–H and O–H groups in total. The standard InChI is InChI=1S/C25H33N3O3S2/c1-16(2)9-7-8-10-17(3)24-28-20(15-33-24)25-27-19(14-32-25)11-12-21(30-5)18(4)22(31-6)13-23(26)29/h7-18,21H,1-6H3,(H2,26,29)/b9-7+,10-8-,12-11+,22-13+/t17-,18+,21-/m1/s1. The number of amides is 1. The van der Waals surface area contributed by atoms with E-state index >= 15 is 0 Å². The fourth-order valence-electron chi connectivity index (χ4n) is 3.00. The normalized spacial score (nSPS) is 15.7. The summed E-state index contributed by atoms with van der Waals surface area (Å²) in [4.78, 5) is 20.7. The molecule has 0 aliphatic heterocycles. The van der Waals surface area contributed by atoms with Gasteiger partial charge in [-0.3, -0.25) is 4.79 Å². The minimum Gasteiger partial charge on any atom is -0.501 e. The molecule has 0 saturated carbocycles. The molecule has 0 aromatic carbocycles. The summed E-state index contributed by atoms with van der Waals surface area (Å²) in [7, 11) is 3.12. The maximum Gasteiger partial charge on any atom is 0.244 e. The fraction of sp³-hybridized carbons (Fsp3) is 0.400. The van der Waals surface area contributed by atoms with Crippen molar-refractivity contribution in [1.82, 2.24) is 9.97 Å². The molecule has 0 radical (unpaired) electrons. The van der Waals surface area contributed by atoms with Crippen LogP contribution in [0.25, 0.3) is 16.8 Å². The number of aromatic nitrogens is 2. The first kappa shape index (κ1) is 26.7. The lowest BCUT2D eigenvalue weighted by Gasteiger charge is -2.21. The predicted octanol–water partition coefficient (Wildman–Crippen LogP) is 5.82. The third kappa shape index (κ3) is 8.38. The summed E-state index contributed by atoms with van der Waals surface area (Å²) >= 11 is 3.20. The summed E-state index contributed by atoms with van der Waals surface area (Å²) in [5, 5.41) is 5.98. The number of primary amides is 1. The zero-order valence-electron chi connectivity index (χ0n) is 20.0. The summed E-state index contributed by atoms with van der Waals surface area (Å²) in [6, 6.07) is 0. The Hall–Kier alpha value is -2.55. The van der Waals surface area contributed by atoms with Crippen molar-refractivity contribution < 1.29 is 14.3 Å². The van der Waals surface area contributed by atoms with Gasteiger partial charge in [-0.25, -0.2) is 9.97 Å². The number of methoxy groups -OCH3 is 2. The highest BCUT2D eigenvalue weighted by atomic mass is 32.1. The van der Waals surface area contributed by atoms with Crippen molar-refractivity contribution in [2.45, 2.75) is 39.7 Å². The van der Waals surface area contributed by atoms with E-state index < -0.39 is 5.91 Å². The van der Waals surface area contributed by atoms with Gasteiger partial charge in [0.1, 0.15) is 16.5 Å². The number of carbonyl (C=O) groups is 1. The SMILES string of the molecule is CO/C(=C/C(N)=O)[C@@H](C)[C@@H](/C=C/c1csc(-c2csc([C@H](C)/C=C\C=C\C(C)C)n2)n1)OC. The molecule has 1 amide bonds. The molecule has 2 aromatic rings. The summed E-state index contributed by atoms with van der Waals surface area (Å²) < 4.78 is 10.9. The molecule has 2 heterocycles. The molecule has 0 bridgehead atoms. The summed E-state index contributed by atoms with van der Waals surface area (Å²) in [6.07, 6.45) is 13.3. The maximum absolute atomic E-state index is 11.2. The van der Waals surface area contributed by atoms with E-state index in [0.29, 0.717) is 11.7 Å². The molecule has 0 saturated heterocycles. The molecule has 0 spiro atoms. The van der Waals surface area contributed by atoms with Crippen molar-refractivity contribution in [2.75, 3.05) is 14.2 Å². The highest BCUT2D eigenvalue weighted by Crippen LogP contribution is 2.29. The predicted molar refractivity (Wildman–Crippen MR) is 138 cm³/mol. The van der Waals surface area contributed by atoms with Crippen molar-refractivity contribution in [3.05, 3.63) is 63.7 Å². The zero-order valence-corrected chi connectivity index (χ0v) is 21.7. The molecule has 33 heavy (non-hydrogen) atoms. The molecule has 0 unspecified atom stereocenters. The van der Waals surface area contributed by atoms with Crippen molar-refractivity contribution in [1.29, 1.82) is 0 Å². The highest BCUT2D eigenvalue weighted by molar-refractivity contribution is 7.14. The van der Waals surface area contributed by atoms with Crippen LogP contribution in [0.5, 0.6) is 0 Å². The van der Waals surface area contributed by atoms with Crippen LogP contribution in [0.3, 0.4) is 0 Å². The number of nitrogens with zero attached hydrogens (tertiary/aromatic N) is 2. The van der Waals surface area contributed by atoms with E-state index in [1.807, 2.05) is 24.5 Å². The number of hydrogen-bond donors (Lipinski definition) is 1. The topological polar surface area (TPSA) is 87.3 Å². The second-order valence-electron chi connectivity index (χ2n) is 7.95. The number of ether oxygens (including phenoxy) is 2. The Bertz CT molecular complexity index is 1020. The van der Waals surface area contributed by atoms with Gasteiger partial charge in [-0.05, 0) is 12.0 Å². The Balaban J connectivity index is 2.09. The summed E-state index contributed by atoms with van der Waals surface area (Å²) in [5.74, 6) is 0.512. The van der Waals surface area contributed by atoms with Crippen LogP contribution in [0.15, 0.2) is 53.0 Å². The Morgan fingerprint density at radius 3 is 2.39 bits per heavy atom. The van der Waals surface area contributed by atoms with Gasteiger partial charge in [-0.1, -0.05) is 58.1 Å². The lowest BCUT2D eigenvalue weighted by molar-refractivity contribution is -0.113. The van der Waals surface area contributed by atoms with Gasteiger partial charge in [0.05, 0.1) is 23.9 Å². The van der Waals surface area contributed by atoms with Crippen molar-refractivity contribution >= 4 is 34.7 Å². The number of allylic oxidation sites excluding steroid dienone is 4. The number of carbonyl (C=O) groups excluding carboxylic acids is 1. The molecule has 0 aliphatic rings. The van der Waals surface area contributed by atoms with E-state index in [1.54, 1.807) is 29.8 Å². The molecule has 3 atom stereocenters. The van der Waals surface area contributed by atoms with E-state index in [2.05, 4.69) is 50.5 Å². The first-order valence-electron chi connectivity index (χ1n) is 10.8. The van der Waals surface area contributed by atoms with Gasteiger partial charge in [-0.15, -0.1) is 22.7 Å². The molecule has 6 nitrogen and oxygen atoms in total. The van der Waals surface area contributed by atoms with Crippen LogP contribution in [0, 0.1) is 11.8 Å². The van der Waals surface area contributed by atoms with Crippen LogP contribution < -0.4 is 5.73 Å². The molecule has 0 aliphatic carbocycles. The van der Waals surface area contributed by atoms with Gasteiger partial charge >= 0.3 is 0 Å². The van der Waals surface area contributed by atoms with Crippen molar-refractivity contribution in [3.8, 4) is 10.7 Å². The first-order valence-corrected chi connectivity index (χ1v) is 12.5. The van der Waals surface area contributed by atoms with Gasteiger partial charge in [0, 0.05) is 35.8 Å². The molecular weight excluding hydrogens is 454 g/mol. The Morgan fingerprint density at radius 2 is 1.76 bits per heavy atom. The van der Waals surface area contributed by atoms with Crippen LogP contribution in [0.4, 0.5) is 0 Å². The van der Waals surface area contributed by atoms with Gasteiger partial charge < -0.3 is 15.2 Å². The average molecular weight is 488 g/mol.